The van der Waals surface area contributed by atoms with E-state index in [9.17, 15) is 4.79 Å². The summed E-state index contributed by atoms with van der Waals surface area (Å²) in [6, 6.07) is 8.20. The lowest BCUT2D eigenvalue weighted by Crippen LogP contribution is -2.44. The SMILES string of the molecule is Cc1ccccc1-c1nc(C(=O)N2CCC3(CCNC3)CC2)cs1.Cl. The van der Waals surface area contributed by atoms with E-state index in [0.29, 0.717) is 11.1 Å². The van der Waals surface area contributed by atoms with Crippen LogP contribution in [0.25, 0.3) is 10.6 Å². The van der Waals surface area contributed by atoms with Crippen LogP contribution in [0.5, 0.6) is 0 Å². The third-order valence-electron chi connectivity index (χ3n) is 5.54. The fourth-order valence-corrected chi connectivity index (χ4v) is 4.76. The summed E-state index contributed by atoms with van der Waals surface area (Å²) in [7, 11) is 0. The van der Waals surface area contributed by atoms with Crippen molar-refractivity contribution in [1.82, 2.24) is 15.2 Å². The molecule has 0 unspecified atom stereocenters. The van der Waals surface area contributed by atoms with Crippen molar-refractivity contribution in [2.45, 2.75) is 26.2 Å². The number of piperidine rings is 1. The Hall–Kier alpha value is -1.43. The molecule has 134 valence electrons. The average Bonchev–Trinajstić information content (AvgIpc) is 3.26. The van der Waals surface area contributed by atoms with E-state index in [1.165, 1.54) is 12.0 Å². The van der Waals surface area contributed by atoms with E-state index in [0.717, 1.165) is 49.6 Å². The Kier molecular flexibility index (Phi) is 5.46. The molecule has 4 nitrogen and oxygen atoms in total. The van der Waals surface area contributed by atoms with E-state index in [-0.39, 0.29) is 18.3 Å². The van der Waals surface area contributed by atoms with Crippen molar-refractivity contribution in [2.75, 3.05) is 26.2 Å². The minimum Gasteiger partial charge on any atom is -0.337 e. The van der Waals surface area contributed by atoms with Crippen LogP contribution in [0.15, 0.2) is 29.6 Å². The van der Waals surface area contributed by atoms with Gasteiger partial charge in [0.05, 0.1) is 0 Å². The first-order valence-corrected chi connectivity index (χ1v) is 9.56. The molecule has 2 saturated heterocycles. The second-order valence-electron chi connectivity index (χ2n) is 7.07. The van der Waals surface area contributed by atoms with Crippen LogP contribution < -0.4 is 5.32 Å². The van der Waals surface area contributed by atoms with Gasteiger partial charge in [-0.3, -0.25) is 4.79 Å². The normalized spacial score (nSPS) is 19.0. The number of rotatable bonds is 2. The third kappa shape index (κ3) is 3.59. The molecule has 6 heteroatoms. The molecule has 2 aliphatic rings. The highest BCUT2D eigenvalue weighted by Crippen LogP contribution is 2.37. The fraction of sp³-hybridized carbons (Fsp3) is 0.474. The number of thiazole rings is 1. The first-order valence-electron chi connectivity index (χ1n) is 8.68. The number of amides is 1. The van der Waals surface area contributed by atoms with Crippen molar-refractivity contribution in [3.63, 3.8) is 0 Å². The summed E-state index contributed by atoms with van der Waals surface area (Å²) in [5.74, 6) is 0.0897. The molecule has 1 aromatic heterocycles. The smallest absolute Gasteiger partial charge is 0.273 e. The quantitative estimate of drug-likeness (QED) is 0.866. The number of carbonyl (C=O) groups excluding carboxylic acids is 1. The molecule has 0 bridgehead atoms. The monoisotopic (exact) mass is 377 g/mol. The highest BCUT2D eigenvalue weighted by atomic mass is 35.5. The largest absolute Gasteiger partial charge is 0.337 e. The van der Waals surface area contributed by atoms with Gasteiger partial charge < -0.3 is 10.2 Å². The Morgan fingerprint density at radius 3 is 2.68 bits per heavy atom. The number of benzene rings is 1. The molecule has 2 fully saturated rings. The van der Waals surface area contributed by atoms with Crippen LogP contribution in [0.4, 0.5) is 0 Å². The number of nitrogens with one attached hydrogen (secondary N) is 1. The van der Waals surface area contributed by atoms with Crippen LogP contribution >= 0.6 is 23.7 Å². The lowest BCUT2D eigenvalue weighted by Gasteiger charge is -2.38. The first-order chi connectivity index (χ1) is 11.7. The fourth-order valence-electron chi connectivity index (χ4n) is 3.88. The third-order valence-corrected chi connectivity index (χ3v) is 6.42. The molecule has 2 aliphatic heterocycles. The second kappa shape index (κ2) is 7.44. The van der Waals surface area contributed by atoms with Crippen LogP contribution in [0.2, 0.25) is 0 Å². The predicted molar refractivity (Wildman–Crippen MR) is 105 cm³/mol. The molecule has 1 spiro atoms. The van der Waals surface area contributed by atoms with Gasteiger partial charge in [0.1, 0.15) is 10.7 Å². The van der Waals surface area contributed by atoms with Crippen LogP contribution in [0.3, 0.4) is 0 Å². The maximum atomic E-state index is 12.8. The predicted octanol–water partition coefficient (Wildman–Crippen LogP) is 3.76. The lowest BCUT2D eigenvalue weighted by atomic mass is 9.78. The van der Waals surface area contributed by atoms with Gasteiger partial charge in [0.15, 0.2) is 0 Å². The number of aromatic nitrogens is 1. The Morgan fingerprint density at radius 2 is 2.00 bits per heavy atom. The van der Waals surface area contributed by atoms with Crippen LogP contribution in [-0.2, 0) is 0 Å². The highest BCUT2D eigenvalue weighted by molar-refractivity contribution is 7.13. The van der Waals surface area contributed by atoms with Crippen LogP contribution in [-0.4, -0.2) is 42.0 Å². The van der Waals surface area contributed by atoms with Gasteiger partial charge in [-0.1, -0.05) is 24.3 Å². The van der Waals surface area contributed by atoms with Gasteiger partial charge in [-0.25, -0.2) is 4.98 Å². The minimum absolute atomic E-state index is 0. The molecular weight excluding hydrogens is 354 g/mol. The number of halogens is 1. The zero-order valence-electron chi connectivity index (χ0n) is 14.5. The van der Waals surface area contributed by atoms with E-state index in [2.05, 4.69) is 29.4 Å². The summed E-state index contributed by atoms with van der Waals surface area (Å²) in [6.07, 6.45) is 3.48. The number of hydrogen-bond acceptors (Lipinski definition) is 4. The van der Waals surface area contributed by atoms with Crippen molar-refractivity contribution in [1.29, 1.82) is 0 Å². The topological polar surface area (TPSA) is 45.2 Å². The van der Waals surface area contributed by atoms with Gasteiger partial charge in [0.2, 0.25) is 0 Å². The molecule has 4 rings (SSSR count). The van der Waals surface area contributed by atoms with Crippen molar-refractivity contribution >= 4 is 29.7 Å². The summed E-state index contributed by atoms with van der Waals surface area (Å²) in [4.78, 5) is 19.4. The average molecular weight is 378 g/mol. The molecule has 1 amide bonds. The van der Waals surface area contributed by atoms with Crippen molar-refractivity contribution < 1.29 is 4.79 Å². The van der Waals surface area contributed by atoms with Gasteiger partial charge >= 0.3 is 0 Å². The Labute approximate surface area is 159 Å². The van der Waals surface area contributed by atoms with Gasteiger partial charge in [-0.15, -0.1) is 23.7 Å². The van der Waals surface area contributed by atoms with E-state index in [4.69, 9.17) is 0 Å². The molecule has 1 aromatic carbocycles. The summed E-state index contributed by atoms with van der Waals surface area (Å²) in [5.41, 5.74) is 3.35. The lowest BCUT2D eigenvalue weighted by molar-refractivity contribution is 0.0603. The molecule has 25 heavy (non-hydrogen) atoms. The summed E-state index contributed by atoms with van der Waals surface area (Å²) < 4.78 is 0. The van der Waals surface area contributed by atoms with Gasteiger partial charge in [0.25, 0.3) is 5.91 Å². The maximum absolute atomic E-state index is 12.8. The van der Waals surface area contributed by atoms with E-state index in [1.54, 1.807) is 11.3 Å². The van der Waals surface area contributed by atoms with E-state index in [1.807, 2.05) is 22.4 Å². The zero-order valence-corrected chi connectivity index (χ0v) is 16.1. The standard InChI is InChI=1S/C19H23N3OS.ClH/c1-14-4-2-3-5-15(14)17-21-16(12-24-17)18(23)22-10-7-19(8-11-22)6-9-20-13-19;/h2-5,12,20H,6-11,13H2,1H3;1H. The summed E-state index contributed by atoms with van der Waals surface area (Å²) in [5, 5.41) is 6.31. The number of carbonyl (C=O) groups is 1. The Balaban J connectivity index is 0.00000182. The molecule has 3 heterocycles. The molecule has 0 radical (unpaired) electrons. The van der Waals surface area contributed by atoms with Crippen molar-refractivity contribution in [2.24, 2.45) is 5.41 Å². The van der Waals surface area contributed by atoms with Gasteiger partial charge in [-0.2, -0.15) is 0 Å². The van der Waals surface area contributed by atoms with Crippen LogP contribution in [0.1, 0.15) is 35.3 Å². The van der Waals surface area contributed by atoms with E-state index >= 15 is 0 Å². The minimum atomic E-state index is 0. The zero-order chi connectivity index (χ0) is 16.6. The van der Waals surface area contributed by atoms with Gasteiger partial charge in [-0.05, 0) is 43.7 Å². The maximum Gasteiger partial charge on any atom is 0.273 e. The Bertz CT molecular complexity index is 745. The number of nitrogens with zero attached hydrogens (tertiary/aromatic N) is 2. The summed E-state index contributed by atoms with van der Waals surface area (Å²) >= 11 is 1.56. The summed E-state index contributed by atoms with van der Waals surface area (Å²) in [6.45, 7) is 6.04. The highest BCUT2D eigenvalue weighted by Gasteiger charge is 2.38. The molecule has 0 atom stereocenters. The molecule has 0 saturated carbocycles. The van der Waals surface area contributed by atoms with Crippen molar-refractivity contribution in [3.05, 3.63) is 40.9 Å². The second-order valence-corrected chi connectivity index (χ2v) is 7.93. The first kappa shape index (κ1) is 18.4. The molecule has 1 N–H and O–H groups in total. The number of aryl methyl sites for hydroxylation is 1. The molecule has 2 aromatic rings. The Morgan fingerprint density at radius 1 is 1.24 bits per heavy atom. The molecular formula is C19H24ClN3OS. The van der Waals surface area contributed by atoms with Crippen molar-refractivity contribution in [3.8, 4) is 10.6 Å². The number of hydrogen-bond donors (Lipinski definition) is 1. The number of likely N-dealkylation sites (tertiary alicyclic amines) is 1. The van der Waals surface area contributed by atoms with Gasteiger partial charge in [0, 0.05) is 30.6 Å². The van der Waals surface area contributed by atoms with Crippen LogP contribution in [0, 0.1) is 12.3 Å². The van der Waals surface area contributed by atoms with E-state index < -0.39 is 0 Å². The molecule has 0 aliphatic carbocycles.